The second-order valence-electron chi connectivity index (χ2n) is 11.2. The number of piperazine rings is 1. The first-order valence-electron chi connectivity index (χ1n) is 15.9. The molecule has 1 saturated heterocycles. The molecule has 1 aliphatic heterocycles. The van der Waals surface area contributed by atoms with Gasteiger partial charge in [0.15, 0.2) is 12.4 Å². The van der Waals surface area contributed by atoms with Crippen LogP contribution in [0.2, 0.25) is 0 Å². The molecular formula is C31H45N11O5. The Morgan fingerprint density at radius 3 is 2.68 bits per heavy atom. The predicted molar refractivity (Wildman–Crippen MR) is 177 cm³/mol. The Bertz CT molecular complexity index is 1520. The largest absolute Gasteiger partial charge is 0.496 e. The van der Waals surface area contributed by atoms with Gasteiger partial charge in [-0.05, 0) is 29.6 Å². The van der Waals surface area contributed by atoms with Crippen molar-refractivity contribution >= 4 is 34.6 Å². The fraction of sp³-hybridized carbons (Fsp3) is 0.548. The van der Waals surface area contributed by atoms with Crippen molar-refractivity contribution in [3.8, 4) is 5.75 Å². The van der Waals surface area contributed by atoms with Crippen molar-refractivity contribution in [3.63, 3.8) is 0 Å². The Labute approximate surface area is 274 Å². The molecule has 3 heterocycles. The summed E-state index contributed by atoms with van der Waals surface area (Å²) >= 11 is 0. The summed E-state index contributed by atoms with van der Waals surface area (Å²) in [5.74, 6) is 1.44. The van der Waals surface area contributed by atoms with E-state index in [1.54, 1.807) is 7.11 Å². The molecule has 1 aliphatic rings. The van der Waals surface area contributed by atoms with Gasteiger partial charge in [-0.3, -0.25) is 14.5 Å². The van der Waals surface area contributed by atoms with Crippen LogP contribution in [0, 0.1) is 0 Å². The van der Waals surface area contributed by atoms with Crippen molar-refractivity contribution in [2.24, 2.45) is 5.28 Å². The van der Waals surface area contributed by atoms with Crippen LogP contribution < -0.4 is 21.1 Å². The summed E-state index contributed by atoms with van der Waals surface area (Å²) in [4.78, 5) is 44.1. The van der Waals surface area contributed by atoms with Gasteiger partial charge >= 0.3 is 0 Å². The quantitative estimate of drug-likeness (QED) is 0.0569. The van der Waals surface area contributed by atoms with Crippen LogP contribution in [0.4, 0.5) is 11.8 Å². The van der Waals surface area contributed by atoms with E-state index in [1.165, 1.54) is 0 Å². The first-order valence-corrected chi connectivity index (χ1v) is 15.9. The molecule has 2 aromatic heterocycles. The molecule has 0 atom stereocenters. The monoisotopic (exact) mass is 651 g/mol. The summed E-state index contributed by atoms with van der Waals surface area (Å²) in [6, 6.07) is 8.28. The molecule has 0 unspecified atom stereocenters. The number of carbonyl (C=O) groups is 2. The molecule has 16 nitrogen and oxygen atoms in total. The number of hydrogen-bond donors (Lipinski definition) is 3. The highest BCUT2D eigenvalue weighted by Gasteiger charge is 2.21. The van der Waals surface area contributed by atoms with E-state index in [1.807, 2.05) is 17.2 Å². The van der Waals surface area contributed by atoms with Crippen molar-refractivity contribution in [1.29, 1.82) is 0 Å². The van der Waals surface area contributed by atoms with E-state index in [4.69, 9.17) is 20.7 Å². The Kier molecular flexibility index (Phi) is 13.7. The summed E-state index contributed by atoms with van der Waals surface area (Å²) in [5.41, 5.74) is 18.0. The summed E-state index contributed by atoms with van der Waals surface area (Å²) in [6.45, 7) is 7.64. The zero-order valence-electron chi connectivity index (χ0n) is 27.2. The van der Waals surface area contributed by atoms with E-state index >= 15 is 0 Å². The normalized spacial score (nSPS) is 13.3. The van der Waals surface area contributed by atoms with Crippen molar-refractivity contribution in [2.75, 3.05) is 77.2 Å². The highest BCUT2D eigenvalue weighted by Crippen LogP contribution is 2.27. The lowest BCUT2D eigenvalue weighted by atomic mass is 10.1. The zero-order chi connectivity index (χ0) is 33.4. The van der Waals surface area contributed by atoms with Crippen LogP contribution in [0.3, 0.4) is 0 Å². The summed E-state index contributed by atoms with van der Waals surface area (Å²) < 4.78 is 13.4. The smallest absolute Gasteiger partial charge is 0.258 e. The third-order valence-electron chi connectivity index (χ3n) is 7.84. The number of nitrogens with zero attached hydrogens (tertiary/aromatic N) is 8. The molecule has 0 aliphatic carbocycles. The summed E-state index contributed by atoms with van der Waals surface area (Å²) in [7, 11) is 1.69. The first-order chi connectivity index (χ1) is 22.9. The SMILES string of the molecule is CCCCCNc1nc(N)nc2ccn(Cc3ccc(CN4CCN(C(=O)CCOCCNC(=O)CON=[N+]=[N-])CC4)cc3OC)c12. The predicted octanol–water partition coefficient (Wildman–Crippen LogP) is 3.08. The van der Waals surface area contributed by atoms with Crippen molar-refractivity contribution in [1.82, 2.24) is 29.7 Å². The van der Waals surface area contributed by atoms with Crippen LogP contribution >= 0.6 is 0 Å². The minimum atomic E-state index is -0.420. The maximum absolute atomic E-state index is 12.7. The van der Waals surface area contributed by atoms with E-state index in [0.29, 0.717) is 19.6 Å². The van der Waals surface area contributed by atoms with Gasteiger partial charge in [0.2, 0.25) is 11.9 Å². The molecular weight excluding hydrogens is 606 g/mol. The zero-order valence-corrected chi connectivity index (χ0v) is 27.2. The lowest BCUT2D eigenvalue weighted by molar-refractivity contribution is -0.134. The molecule has 4 N–H and O–H groups in total. The Balaban J connectivity index is 1.23. The molecule has 1 aromatic carbocycles. The average molecular weight is 652 g/mol. The van der Waals surface area contributed by atoms with Gasteiger partial charge in [-0.2, -0.15) is 4.98 Å². The molecule has 4 rings (SSSR count). The van der Waals surface area contributed by atoms with Crippen LogP contribution in [0.15, 0.2) is 35.7 Å². The number of azide groups is 1. The molecule has 1 fully saturated rings. The van der Waals surface area contributed by atoms with Gasteiger partial charge in [-0.15, -0.1) is 0 Å². The molecule has 254 valence electrons. The molecule has 3 aromatic rings. The number of rotatable bonds is 19. The second kappa shape index (κ2) is 18.4. The number of hydrogen-bond acceptors (Lipinski definition) is 11. The van der Waals surface area contributed by atoms with Crippen molar-refractivity contribution < 1.29 is 23.9 Å². The number of anilines is 2. The number of fused-ring (bicyclic) bond motifs is 1. The second-order valence-corrected chi connectivity index (χ2v) is 11.2. The number of nitrogen functional groups attached to an aromatic ring is 1. The highest BCUT2D eigenvalue weighted by molar-refractivity contribution is 5.87. The molecule has 0 bridgehead atoms. The lowest BCUT2D eigenvalue weighted by Crippen LogP contribution is -2.48. The number of unbranched alkanes of at least 4 members (excludes halogenated alkanes) is 2. The van der Waals surface area contributed by atoms with Gasteiger partial charge in [0.1, 0.15) is 16.5 Å². The average Bonchev–Trinajstić information content (AvgIpc) is 3.47. The highest BCUT2D eigenvalue weighted by atomic mass is 16.6. The van der Waals surface area contributed by atoms with Crippen molar-refractivity contribution in [2.45, 2.75) is 45.7 Å². The number of amides is 2. The first kappa shape index (κ1) is 35.1. The van der Waals surface area contributed by atoms with Gasteiger partial charge < -0.3 is 40.1 Å². The maximum Gasteiger partial charge on any atom is 0.258 e. The van der Waals surface area contributed by atoms with Gasteiger partial charge in [0, 0.05) is 62.5 Å². The third kappa shape index (κ3) is 10.6. The van der Waals surface area contributed by atoms with E-state index in [9.17, 15) is 9.59 Å². The van der Waals surface area contributed by atoms with E-state index < -0.39 is 5.91 Å². The van der Waals surface area contributed by atoms with Gasteiger partial charge in [-0.25, -0.2) is 4.98 Å². The fourth-order valence-electron chi connectivity index (χ4n) is 5.42. The number of methoxy groups -OCH3 is 1. The van der Waals surface area contributed by atoms with Crippen LogP contribution in [0.1, 0.15) is 43.7 Å². The molecule has 2 amide bonds. The Hall–Kier alpha value is -4.79. The van der Waals surface area contributed by atoms with Gasteiger partial charge in [-0.1, -0.05) is 31.9 Å². The Morgan fingerprint density at radius 2 is 1.91 bits per heavy atom. The topological polar surface area (TPSA) is 198 Å². The number of ether oxygens (including phenoxy) is 2. The number of nitrogens with one attached hydrogen (secondary N) is 2. The number of benzene rings is 1. The summed E-state index contributed by atoms with van der Waals surface area (Å²) in [6.07, 6.45) is 5.64. The van der Waals surface area contributed by atoms with E-state index in [-0.39, 0.29) is 44.6 Å². The Morgan fingerprint density at radius 1 is 1.09 bits per heavy atom. The van der Waals surface area contributed by atoms with Crippen LogP contribution in [-0.4, -0.2) is 102 Å². The number of nitrogens with two attached hydrogens (primary N) is 1. The number of carbonyl (C=O) groups excluding carboxylic acids is 2. The molecule has 0 spiro atoms. The van der Waals surface area contributed by atoms with Gasteiger partial charge in [0.05, 0.1) is 38.8 Å². The fourth-order valence-corrected chi connectivity index (χ4v) is 5.42. The molecule has 16 heteroatoms. The minimum absolute atomic E-state index is 0.0485. The maximum atomic E-state index is 12.7. The molecule has 0 saturated carbocycles. The molecule has 47 heavy (non-hydrogen) atoms. The van der Waals surface area contributed by atoms with E-state index in [2.05, 4.69) is 70.2 Å². The third-order valence-corrected chi connectivity index (χ3v) is 7.84. The molecule has 0 radical (unpaired) electrons. The summed E-state index contributed by atoms with van der Waals surface area (Å²) in [5, 5.41) is 8.85. The standard InChI is InChI=1S/C31H45N11O5/c1-3-4-5-10-35-30-29-25(36-31(32)37-30)8-12-42(29)21-24-7-6-23(19-26(24)45-2)20-40-13-15-41(16-14-40)28(44)9-17-46-18-11-34-27(43)22-47-39-38-33/h6-8,12,19H,3-5,9-11,13-18,20-22H2,1-2H3,(H,34,43)(H3,32,35,36,37). The number of aromatic nitrogens is 3. The minimum Gasteiger partial charge on any atom is -0.496 e. The van der Waals surface area contributed by atoms with E-state index in [0.717, 1.165) is 79.2 Å². The van der Waals surface area contributed by atoms with Crippen molar-refractivity contribution in [3.05, 3.63) is 52.0 Å². The van der Waals surface area contributed by atoms with Crippen LogP contribution in [-0.2, 0) is 32.3 Å². The van der Waals surface area contributed by atoms with Gasteiger partial charge in [0.25, 0.3) is 5.91 Å². The van der Waals surface area contributed by atoms with Crippen LogP contribution in [0.5, 0.6) is 5.75 Å². The van der Waals surface area contributed by atoms with Crippen LogP contribution in [0.25, 0.3) is 21.5 Å². The lowest BCUT2D eigenvalue weighted by Gasteiger charge is -2.35.